The summed E-state index contributed by atoms with van der Waals surface area (Å²) in [6.07, 6.45) is 4.11. The van der Waals surface area contributed by atoms with Crippen LogP contribution in [0.4, 0.5) is 0 Å². The lowest BCUT2D eigenvalue weighted by Crippen LogP contribution is -2.47. The van der Waals surface area contributed by atoms with E-state index in [0.29, 0.717) is 25.1 Å². The van der Waals surface area contributed by atoms with E-state index in [-0.39, 0.29) is 23.3 Å². The largest absolute Gasteiger partial charge is 0.507 e. The van der Waals surface area contributed by atoms with E-state index >= 15 is 0 Å². The Hall–Kier alpha value is -3.05. The number of ether oxygens (including phenoxy) is 2. The monoisotopic (exact) mass is 558 g/mol. The Labute approximate surface area is 240 Å². The number of rotatable bonds is 2. The number of carbonyl (C=O) groups is 1. The second-order valence-electron chi connectivity index (χ2n) is 12.5. The fourth-order valence-electron chi connectivity index (χ4n) is 6.30. The Morgan fingerprint density at radius 1 is 1.15 bits per heavy atom. The van der Waals surface area contributed by atoms with E-state index < -0.39 is 5.79 Å². The van der Waals surface area contributed by atoms with E-state index in [4.69, 9.17) is 9.47 Å². The van der Waals surface area contributed by atoms with Crippen LogP contribution < -0.4 is 0 Å². The molecule has 6 rings (SSSR count). The third-order valence-electron chi connectivity index (χ3n) is 8.15. The number of hydrogen-bond acceptors (Lipinski definition) is 5. The number of aryl methyl sites for hydroxylation is 1. The lowest BCUT2D eigenvalue weighted by atomic mass is 9.91. The smallest absolute Gasteiger partial charge is 0.271 e. The van der Waals surface area contributed by atoms with Gasteiger partial charge in [0.2, 0.25) is 0 Å². The van der Waals surface area contributed by atoms with Crippen LogP contribution in [0.15, 0.2) is 29.6 Å². The summed E-state index contributed by atoms with van der Waals surface area (Å²) in [4.78, 5) is 17.5. The van der Waals surface area contributed by atoms with Crippen molar-refractivity contribution in [2.75, 3.05) is 13.2 Å². The first-order valence-electron chi connectivity index (χ1n) is 14.3. The molecule has 1 saturated heterocycles. The molecule has 0 spiro atoms. The van der Waals surface area contributed by atoms with Gasteiger partial charge in [0.15, 0.2) is 5.79 Å². The Bertz CT molecular complexity index is 1510. The van der Waals surface area contributed by atoms with Crippen LogP contribution in [0.2, 0.25) is 0 Å². The Morgan fingerprint density at radius 2 is 1.98 bits per heavy atom. The van der Waals surface area contributed by atoms with Gasteiger partial charge in [0.25, 0.3) is 5.91 Å². The summed E-state index contributed by atoms with van der Waals surface area (Å²) < 4.78 is 13.8. The number of aromatic hydroxyl groups is 1. The summed E-state index contributed by atoms with van der Waals surface area (Å²) in [5.74, 6) is 6.15. The van der Waals surface area contributed by atoms with E-state index in [1.807, 2.05) is 26.0 Å². The molecule has 3 aromatic rings. The molecule has 0 unspecified atom stereocenters. The van der Waals surface area contributed by atoms with Crippen LogP contribution in [0.5, 0.6) is 5.75 Å². The number of benzene rings is 1. The molecule has 40 heavy (non-hydrogen) atoms. The predicted octanol–water partition coefficient (Wildman–Crippen LogP) is 6.62. The standard InChI is InChI=1S/C33H38N2O4S/c1-32(2,3)35-15-7-6-12-24-28(27-13-9-17-40-27)29-25-18-22(10-8-11-23-20-38-33(4,5)39-23)26(36)19-21(25)14-16-34(29)30(24)31(35)37/h9,13,17-19,23,36H,6-7,11-12,14-16,20H2,1-5H3/t23-/m1/s1. The van der Waals surface area contributed by atoms with Crippen molar-refractivity contribution < 1.29 is 19.4 Å². The normalized spacial score (nSPS) is 20.2. The fourth-order valence-corrected chi connectivity index (χ4v) is 7.10. The van der Waals surface area contributed by atoms with Crippen molar-refractivity contribution in [3.63, 3.8) is 0 Å². The summed E-state index contributed by atoms with van der Waals surface area (Å²) in [6.45, 7) is 12.2. The highest BCUT2D eigenvalue weighted by molar-refractivity contribution is 7.13. The number of hydrogen-bond donors (Lipinski definition) is 1. The van der Waals surface area contributed by atoms with Crippen molar-refractivity contribution >= 4 is 17.2 Å². The minimum atomic E-state index is -0.583. The van der Waals surface area contributed by atoms with Gasteiger partial charge in [-0.1, -0.05) is 17.9 Å². The van der Waals surface area contributed by atoms with Crippen LogP contribution in [0.1, 0.15) is 81.1 Å². The SMILES string of the molecule is CC1(C)OC[C@@H](CC#Cc2cc3c(cc2O)CCn2c4c(c(-c5cccs5)c2-3)CCCCN(C(C)(C)C)C4=O)O1. The van der Waals surface area contributed by atoms with Crippen molar-refractivity contribution in [2.24, 2.45) is 0 Å². The first-order valence-corrected chi connectivity index (χ1v) is 15.2. The fraction of sp³-hybridized carbons (Fsp3) is 0.485. The van der Waals surface area contributed by atoms with Crippen LogP contribution in [0, 0.1) is 11.8 Å². The third kappa shape index (κ3) is 4.87. The predicted molar refractivity (Wildman–Crippen MR) is 159 cm³/mol. The van der Waals surface area contributed by atoms with Gasteiger partial charge in [0, 0.05) is 41.1 Å². The minimum Gasteiger partial charge on any atom is -0.507 e. The van der Waals surface area contributed by atoms with E-state index in [0.717, 1.165) is 60.3 Å². The summed E-state index contributed by atoms with van der Waals surface area (Å²) in [6, 6.07) is 8.13. The molecule has 6 nitrogen and oxygen atoms in total. The maximum atomic E-state index is 14.3. The third-order valence-corrected chi connectivity index (χ3v) is 9.04. The van der Waals surface area contributed by atoms with Crippen LogP contribution in [-0.4, -0.2) is 51.1 Å². The highest BCUT2D eigenvalue weighted by Crippen LogP contribution is 2.47. The molecule has 0 bridgehead atoms. The van der Waals surface area contributed by atoms with E-state index in [2.05, 4.69) is 59.6 Å². The van der Waals surface area contributed by atoms with Gasteiger partial charge < -0.3 is 24.0 Å². The average Bonchev–Trinajstić information content (AvgIpc) is 3.59. The van der Waals surface area contributed by atoms with Crippen LogP contribution in [-0.2, 0) is 28.9 Å². The van der Waals surface area contributed by atoms with Gasteiger partial charge in [-0.2, -0.15) is 0 Å². The summed E-state index contributed by atoms with van der Waals surface area (Å²) in [7, 11) is 0. The molecule has 3 aliphatic heterocycles. The zero-order chi connectivity index (χ0) is 28.2. The molecular formula is C33H38N2O4S. The molecule has 0 saturated carbocycles. The number of carbonyl (C=O) groups excluding carboxylic acids is 1. The lowest BCUT2D eigenvalue weighted by Gasteiger charge is -2.37. The second kappa shape index (κ2) is 10.1. The first-order chi connectivity index (χ1) is 19.0. The maximum absolute atomic E-state index is 14.3. The average molecular weight is 559 g/mol. The molecule has 5 heterocycles. The first kappa shape index (κ1) is 27.1. The van der Waals surface area contributed by atoms with Crippen LogP contribution >= 0.6 is 11.3 Å². The van der Waals surface area contributed by atoms with Crippen molar-refractivity contribution in [2.45, 2.75) is 90.7 Å². The Balaban J connectivity index is 1.48. The summed E-state index contributed by atoms with van der Waals surface area (Å²) >= 11 is 1.71. The van der Waals surface area contributed by atoms with Gasteiger partial charge in [-0.25, -0.2) is 0 Å². The van der Waals surface area contributed by atoms with Crippen molar-refractivity contribution in [3.8, 4) is 39.3 Å². The zero-order valence-corrected chi connectivity index (χ0v) is 24.9. The van der Waals surface area contributed by atoms with Gasteiger partial charge in [0.05, 0.1) is 24.0 Å². The minimum absolute atomic E-state index is 0.0821. The van der Waals surface area contributed by atoms with Crippen molar-refractivity contribution in [3.05, 3.63) is 52.0 Å². The number of thiophene rings is 1. The van der Waals surface area contributed by atoms with Crippen LogP contribution in [0.25, 0.3) is 21.7 Å². The van der Waals surface area contributed by atoms with Gasteiger partial charge >= 0.3 is 0 Å². The Kier molecular flexibility index (Phi) is 6.85. The molecular weight excluding hydrogens is 520 g/mol. The molecule has 1 amide bonds. The molecule has 1 aromatic carbocycles. The molecule has 3 aliphatic rings. The maximum Gasteiger partial charge on any atom is 0.271 e. The molecule has 1 atom stereocenters. The van der Waals surface area contributed by atoms with Crippen molar-refractivity contribution in [1.82, 2.24) is 9.47 Å². The van der Waals surface area contributed by atoms with E-state index in [1.165, 1.54) is 10.4 Å². The second-order valence-corrected chi connectivity index (χ2v) is 13.4. The van der Waals surface area contributed by atoms with E-state index in [1.54, 1.807) is 11.3 Å². The van der Waals surface area contributed by atoms with Gasteiger partial charge in [-0.05, 0) is 95.0 Å². The number of phenols is 1. The van der Waals surface area contributed by atoms with Gasteiger partial charge in [-0.3, -0.25) is 4.79 Å². The highest BCUT2D eigenvalue weighted by Gasteiger charge is 2.37. The number of fused-ring (bicyclic) bond motifs is 5. The molecule has 7 heteroatoms. The van der Waals surface area contributed by atoms with Gasteiger partial charge in [0.1, 0.15) is 11.4 Å². The molecule has 0 radical (unpaired) electrons. The zero-order valence-electron chi connectivity index (χ0n) is 24.1. The topological polar surface area (TPSA) is 63.9 Å². The quantitative estimate of drug-likeness (QED) is 0.359. The number of phenolic OH excluding ortho intramolecular Hbond substituents is 1. The number of nitrogens with zero attached hydrogens (tertiary/aromatic N) is 2. The lowest BCUT2D eigenvalue weighted by molar-refractivity contribution is -0.137. The van der Waals surface area contributed by atoms with E-state index in [9.17, 15) is 9.90 Å². The molecule has 2 aromatic heterocycles. The molecule has 1 fully saturated rings. The number of amides is 1. The molecule has 0 aliphatic carbocycles. The Morgan fingerprint density at radius 3 is 2.67 bits per heavy atom. The highest BCUT2D eigenvalue weighted by atomic mass is 32.1. The number of aromatic nitrogens is 1. The molecule has 210 valence electrons. The van der Waals surface area contributed by atoms with Crippen LogP contribution in [0.3, 0.4) is 0 Å². The summed E-state index contributed by atoms with van der Waals surface area (Å²) in [5, 5.41) is 13.0. The van der Waals surface area contributed by atoms with Crippen molar-refractivity contribution in [1.29, 1.82) is 0 Å². The van der Waals surface area contributed by atoms with Gasteiger partial charge in [-0.15, -0.1) is 11.3 Å². The molecule has 1 N–H and O–H groups in total. The summed E-state index contributed by atoms with van der Waals surface area (Å²) in [5.41, 5.74) is 6.72.